The zero-order chi connectivity index (χ0) is 14.7. The summed E-state index contributed by atoms with van der Waals surface area (Å²) in [5.74, 6) is -0.0627. The minimum absolute atomic E-state index is 0.0240. The Morgan fingerprint density at radius 2 is 1.90 bits per heavy atom. The summed E-state index contributed by atoms with van der Waals surface area (Å²) in [6, 6.07) is 11.2. The lowest BCUT2D eigenvalue weighted by atomic mass is 10.0. The van der Waals surface area contributed by atoms with Crippen LogP contribution < -0.4 is 10.1 Å². The number of methoxy groups -OCH3 is 1. The molecule has 3 heteroatoms. The van der Waals surface area contributed by atoms with E-state index in [1.165, 1.54) is 24.3 Å². The van der Waals surface area contributed by atoms with Gasteiger partial charge < -0.3 is 10.1 Å². The highest BCUT2D eigenvalue weighted by Crippen LogP contribution is 2.26. The fourth-order valence-corrected chi connectivity index (χ4v) is 2.18. The molecule has 0 amide bonds. The number of ether oxygens (including phenoxy) is 1. The largest absolute Gasteiger partial charge is 0.494 e. The second-order valence-corrected chi connectivity index (χ2v) is 5.01. The zero-order valence-corrected chi connectivity index (χ0v) is 12.3. The highest BCUT2D eigenvalue weighted by atomic mass is 19.1. The molecule has 0 saturated heterocycles. The Morgan fingerprint density at radius 1 is 1.15 bits per heavy atom. The molecule has 106 valence electrons. The van der Waals surface area contributed by atoms with Crippen molar-refractivity contribution < 1.29 is 9.13 Å². The lowest BCUT2D eigenvalue weighted by Gasteiger charge is -2.19. The standard InChI is InChI=1S/C17H20FNO/c1-11-6-5-7-16(12(11)2)19-13(3)14-8-9-17(20-4)15(18)10-14/h5-10,13,19H,1-4H3. The van der Waals surface area contributed by atoms with Crippen LogP contribution >= 0.6 is 0 Å². The Bertz CT molecular complexity index is 610. The van der Waals surface area contributed by atoms with E-state index < -0.39 is 0 Å². The summed E-state index contributed by atoms with van der Waals surface area (Å²) in [6.45, 7) is 6.18. The average Bonchev–Trinajstić information content (AvgIpc) is 2.43. The van der Waals surface area contributed by atoms with Crippen molar-refractivity contribution in [1.29, 1.82) is 0 Å². The predicted molar refractivity (Wildman–Crippen MR) is 80.9 cm³/mol. The lowest BCUT2D eigenvalue weighted by Crippen LogP contribution is -2.08. The van der Waals surface area contributed by atoms with Gasteiger partial charge in [0.1, 0.15) is 0 Å². The topological polar surface area (TPSA) is 21.3 Å². The van der Waals surface area contributed by atoms with Crippen molar-refractivity contribution in [3.63, 3.8) is 0 Å². The molecule has 1 unspecified atom stereocenters. The molecular weight excluding hydrogens is 253 g/mol. The van der Waals surface area contributed by atoms with Gasteiger partial charge in [0.25, 0.3) is 0 Å². The summed E-state index contributed by atoms with van der Waals surface area (Å²) >= 11 is 0. The third kappa shape index (κ3) is 2.93. The Hall–Kier alpha value is -2.03. The smallest absolute Gasteiger partial charge is 0.165 e. The van der Waals surface area contributed by atoms with Gasteiger partial charge in [-0.05, 0) is 55.7 Å². The number of benzene rings is 2. The van der Waals surface area contributed by atoms with Gasteiger partial charge in [-0.2, -0.15) is 0 Å². The van der Waals surface area contributed by atoms with Crippen molar-refractivity contribution >= 4 is 5.69 Å². The van der Waals surface area contributed by atoms with Crippen LogP contribution in [0.2, 0.25) is 0 Å². The molecular formula is C17H20FNO. The molecule has 0 radical (unpaired) electrons. The second kappa shape index (κ2) is 5.95. The van der Waals surface area contributed by atoms with Gasteiger partial charge in [0.15, 0.2) is 11.6 Å². The molecule has 2 nitrogen and oxygen atoms in total. The average molecular weight is 273 g/mol. The SMILES string of the molecule is COc1ccc(C(C)Nc2cccc(C)c2C)cc1F. The van der Waals surface area contributed by atoms with E-state index in [0.29, 0.717) is 0 Å². The molecule has 0 aliphatic carbocycles. The summed E-state index contributed by atoms with van der Waals surface area (Å²) < 4.78 is 18.7. The van der Waals surface area contributed by atoms with Gasteiger partial charge in [0.05, 0.1) is 7.11 Å². The van der Waals surface area contributed by atoms with Crippen molar-refractivity contribution in [2.75, 3.05) is 12.4 Å². The molecule has 0 aromatic heterocycles. The van der Waals surface area contributed by atoms with Crippen LogP contribution in [0.4, 0.5) is 10.1 Å². The number of rotatable bonds is 4. The minimum atomic E-state index is -0.334. The van der Waals surface area contributed by atoms with Crippen LogP contribution in [-0.2, 0) is 0 Å². The molecule has 0 bridgehead atoms. The Kier molecular flexibility index (Phi) is 4.28. The fraction of sp³-hybridized carbons (Fsp3) is 0.294. The zero-order valence-electron chi connectivity index (χ0n) is 12.3. The van der Waals surface area contributed by atoms with Gasteiger partial charge in [-0.3, -0.25) is 0 Å². The first-order valence-electron chi connectivity index (χ1n) is 6.69. The third-order valence-electron chi connectivity index (χ3n) is 3.65. The van der Waals surface area contributed by atoms with Crippen LogP contribution in [0, 0.1) is 19.7 Å². The molecule has 0 aliphatic heterocycles. The van der Waals surface area contributed by atoms with Crippen LogP contribution in [0.15, 0.2) is 36.4 Å². The van der Waals surface area contributed by atoms with E-state index in [4.69, 9.17) is 4.74 Å². The summed E-state index contributed by atoms with van der Waals surface area (Å²) in [5, 5.41) is 3.42. The first-order chi connectivity index (χ1) is 9.52. The van der Waals surface area contributed by atoms with Gasteiger partial charge in [0, 0.05) is 11.7 Å². The Morgan fingerprint density at radius 3 is 2.55 bits per heavy atom. The molecule has 0 aliphatic rings. The predicted octanol–water partition coefficient (Wildman–Crippen LogP) is 4.62. The van der Waals surface area contributed by atoms with Crippen molar-refractivity contribution in [1.82, 2.24) is 0 Å². The van der Waals surface area contributed by atoms with Gasteiger partial charge in [-0.15, -0.1) is 0 Å². The van der Waals surface area contributed by atoms with Crippen molar-refractivity contribution in [3.8, 4) is 5.75 Å². The van der Waals surface area contributed by atoms with Gasteiger partial charge in [-0.1, -0.05) is 18.2 Å². The number of aryl methyl sites for hydroxylation is 1. The van der Waals surface area contributed by atoms with E-state index in [-0.39, 0.29) is 17.6 Å². The van der Waals surface area contributed by atoms with Crippen molar-refractivity contribution in [3.05, 3.63) is 58.9 Å². The molecule has 2 rings (SSSR count). The second-order valence-electron chi connectivity index (χ2n) is 5.01. The van der Waals surface area contributed by atoms with Gasteiger partial charge in [0.2, 0.25) is 0 Å². The summed E-state index contributed by atoms with van der Waals surface area (Å²) in [6.07, 6.45) is 0. The van der Waals surface area contributed by atoms with Crippen molar-refractivity contribution in [2.24, 2.45) is 0 Å². The van der Waals surface area contributed by atoms with Crippen LogP contribution in [0.5, 0.6) is 5.75 Å². The highest BCUT2D eigenvalue weighted by Gasteiger charge is 2.11. The number of nitrogens with one attached hydrogen (secondary N) is 1. The maximum atomic E-state index is 13.7. The van der Waals surface area contributed by atoms with E-state index in [2.05, 4.69) is 25.2 Å². The molecule has 1 atom stereocenters. The van der Waals surface area contributed by atoms with E-state index in [1.54, 1.807) is 6.07 Å². The van der Waals surface area contributed by atoms with E-state index in [9.17, 15) is 4.39 Å². The summed E-state index contributed by atoms with van der Waals surface area (Å²) in [7, 11) is 1.47. The number of hydrogen-bond donors (Lipinski definition) is 1. The van der Waals surface area contributed by atoms with Crippen LogP contribution in [-0.4, -0.2) is 7.11 Å². The van der Waals surface area contributed by atoms with Crippen molar-refractivity contribution in [2.45, 2.75) is 26.8 Å². The van der Waals surface area contributed by atoms with E-state index >= 15 is 0 Å². The molecule has 0 fully saturated rings. The Labute approximate surface area is 119 Å². The molecule has 2 aromatic carbocycles. The molecule has 20 heavy (non-hydrogen) atoms. The Balaban J connectivity index is 2.21. The quantitative estimate of drug-likeness (QED) is 0.877. The van der Waals surface area contributed by atoms with E-state index in [0.717, 1.165) is 11.3 Å². The first-order valence-corrected chi connectivity index (χ1v) is 6.69. The molecule has 0 spiro atoms. The first kappa shape index (κ1) is 14.4. The van der Waals surface area contributed by atoms with Gasteiger partial charge >= 0.3 is 0 Å². The highest BCUT2D eigenvalue weighted by molar-refractivity contribution is 5.55. The summed E-state index contributed by atoms with van der Waals surface area (Å²) in [4.78, 5) is 0. The van der Waals surface area contributed by atoms with Crippen LogP contribution in [0.1, 0.15) is 29.7 Å². The maximum absolute atomic E-state index is 13.7. The molecule has 0 heterocycles. The van der Waals surface area contributed by atoms with E-state index in [1.807, 2.05) is 25.1 Å². The molecule has 2 aromatic rings. The summed E-state index contributed by atoms with van der Waals surface area (Å²) in [5.41, 5.74) is 4.43. The third-order valence-corrected chi connectivity index (χ3v) is 3.65. The number of hydrogen-bond acceptors (Lipinski definition) is 2. The molecule has 0 saturated carbocycles. The number of halogens is 1. The fourth-order valence-electron chi connectivity index (χ4n) is 2.18. The number of anilines is 1. The van der Waals surface area contributed by atoms with Gasteiger partial charge in [-0.25, -0.2) is 4.39 Å². The maximum Gasteiger partial charge on any atom is 0.165 e. The minimum Gasteiger partial charge on any atom is -0.494 e. The molecule has 1 N–H and O–H groups in total. The lowest BCUT2D eigenvalue weighted by molar-refractivity contribution is 0.386. The van der Waals surface area contributed by atoms with Crippen LogP contribution in [0.25, 0.3) is 0 Å². The monoisotopic (exact) mass is 273 g/mol. The van der Waals surface area contributed by atoms with Crippen LogP contribution in [0.3, 0.4) is 0 Å². The normalized spacial score (nSPS) is 12.1.